The first-order valence-electron chi connectivity index (χ1n) is 8.33. The molecular formula is C18H28N2O3. The first-order chi connectivity index (χ1) is 10.6. The van der Waals surface area contributed by atoms with Gasteiger partial charge in [-0.1, -0.05) is 6.08 Å². The van der Waals surface area contributed by atoms with Crippen molar-refractivity contribution < 1.29 is 14.4 Å². The molecule has 0 aromatic carbocycles. The van der Waals surface area contributed by atoms with Crippen LogP contribution in [-0.2, 0) is 14.4 Å². The lowest BCUT2D eigenvalue weighted by molar-refractivity contribution is -0.136. The lowest BCUT2D eigenvalue weighted by Gasteiger charge is -2.38. The summed E-state index contributed by atoms with van der Waals surface area (Å²) in [6.45, 7) is 11.0. The van der Waals surface area contributed by atoms with Gasteiger partial charge < -0.3 is 10.6 Å². The van der Waals surface area contributed by atoms with Crippen LogP contribution < -0.4 is 10.6 Å². The van der Waals surface area contributed by atoms with E-state index in [9.17, 15) is 14.4 Å². The highest BCUT2D eigenvalue weighted by molar-refractivity contribution is 5.93. The molecule has 2 fully saturated rings. The Morgan fingerprint density at radius 2 is 2.00 bits per heavy atom. The van der Waals surface area contributed by atoms with Gasteiger partial charge in [0.05, 0.1) is 0 Å². The van der Waals surface area contributed by atoms with Crippen LogP contribution in [0.3, 0.4) is 0 Å². The molecule has 0 heterocycles. The minimum absolute atomic E-state index is 0.0808. The predicted molar refractivity (Wildman–Crippen MR) is 88.6 cm³/mol. The maximum atomic E-state index is 13.1. The van der Waals surface area contributed by atoms with E-state index in [-0.39, 0.29) is 40.9 Å². The van der Waals surface area contributed by atoms with Crippen molar-refractivity contribution in [3.63, 3.8) is 0 Å². The molecule has 2 aliphatic carbocycles. The Labute approximate surface area is 138 Å². The van der Waals surface area contributed by atoms with Gasteiger partial charge in [0.25, 0.3) is 0 Å². The Kier molecular flexibility index (Phi) is 4.69. The summed E-state index contributed by atoms with van der Waals surface area (Å²) < 4.78 is 0. The molecule has 23 heavy (non-hydrogen) atoms. The van der Waals surface area contributed by atoms with Gasteiger partial charge in [0.15, 0.2) is 0 Å². The van der Waals surface area contributed by atoms with Crippen LogP contribution >= 0.6 is 0 Å². The molecule has 0 radical (unpaired) electrons. The standard InChI is InChI=1S/C18H28N2O3/c1-6-7-15-14-9-13(22)8-12(14)10-18(15,19-11(2)21)16(23)20-17(3,4)5/h6,12,14-15H,1,7-10H2,2-5H3,(H,19,21)(H,20,23)/t12-,14-,15+,18+/m1/s1. The number of rotatable bonds is 4. The van der Waals surface area contributed by atoms with Crippen molar-refractivity contribution in [1.82, 2.24) is 10.6 Å². The van der Waals surface area contributed by atoms with Gasteiger partial charge in [-0.2, -0.15) is 0 Å². The van der Waals surface area contributed by atoms with E-state index in [0.717, 1.165) is 0 Å². The van der Waals surface area contributed by atoms with Gasteiger partial charge >= 0.3 is 0 Å². The zero-order valence-corrected chi connectivity index (χ0v) is 14.6. The molecule has 0 saturated heterocycles. The smallest absolute Gasteiger partial charge is 0.246 e. The van der Waals surface area contributed by atoms with E-state index in [0.29, 0.717) is 25.7 Å². The molecule has 0 unspecified atom stereocenters. The second-order valence-electron chi connectivity index (χ2n) is 8.06. The number of ketones is 1. The number of fused-ring (bicyclic) bond motifs is 1. The van der Waals surface area contributed by atoms with Crippen LogP contribution in [0.25, 0.3) is 0 Å². The fourth-order valence-corrected chi connectivity index (χ4v) is 4.36. The lowest BCUT2D eigenvalue weighted by Crippen LogP contribution is -2.63. The predicted octanol–water partition coefficient (Wildman–Crippen LogP) is 1.97. The van der Waals surface area contributed by atoms with Crippen LogP contribution in [0, 0.1) is 17.8 Å². The number of hydrogen-bond donors (Lipinski definition) is 2. The lowest BCUT2D eigenvalue weighted by atomic mass is 9.78. The summed E-state index contributed by atoms with van der Waals surface area (Å²) in [7, 11) is 0. The zero-order chi connectivity index (χ0) is 17.4. The van der Waals surface area contributed by atoms with E-state index in [2.05, 4.69) is 17.2 Å². The number of hydrogen-bond acceptors (Lipinski definition) is 3. The minimum atomic E-state index is -0.941. The van der Waals surface area contributed by atoms with Crippen LogP contribution in [0.15, 0.2) is 12.7 Å². The van der Waals surface area contributed by atoms with Crippen molar-refractivity contribution in [2.24, 2.45) is 17.8 Å². The first kappa shape index (κ1) is 17.7. The second kappa shape index (κ2) is 6.10. The SMILES string of the molecule is C=CC[C@H]1[C@@H]2CC(=O)C[C@@H]2C[C@@]1(NC(C)=O)C(=O)NC(C)(C)C. The van der Waals surface area contributed by atoms with Gasteiger partial charge in [0, 0.05) is 25.3 Å². The summed E-state index contributed by atoms with van der Waals surface area (Å²) in [4.78, 5) is 36.7. The number of nitrogens with one attached hydrogen (secondary N) is 2. The first-order valence-corrected chi connectivity index (χ1v) is 8.33. The number of carbonyl (C=O) groups is 3. The van der Waals surface area contributed by atoms with Crippen LogP contribution in [-0.4, -0.2) is 28.7 Å². The highest BCUT2D eigenvalue weighted by Crippen LogP contribution is 2.53. The maximum absolute atomic E-state index is 13.1. The zero-order valence-electron chi connectivity index (χ0n) is 14.6. The van der Waals surface area contributed by atoms with Crippen molar-refractivity contribution in [3.05, 3.63) is 12.7 Å². The number of amides is 2. The summed E-state index contributed by atoms with van der Waals surface area (Å²) in [5.74, 6) is 0.149. The van der Waals surface area contributed by atoms with Gasteiger partial charge in [-0.15, -0.1) is 6.58 Å². The van der Waals surface area contributed by atoms with E-state index in [4.69, 9.17) is 0 Å². The molecule has 0 aromatic rings. The fraction of sp³-hybridized carbons (Fsp3) is 0.722. The molecule has 0 aromatic heterocycles. The van der Waals surface area contributed by atoms with Crippen LogP contribution in [0.1, 0.15) is 53.4 Å². The third-order valence-electron chi connectivity index (χ3n) is 5.01. The quantitative estimate of drug-likeness (QED) is 0.778. The van der Waals surface area contributed by atoms with E-state index in [1.165, 1.54) is 6.92 Å². The second-order valence-corrected chi connectivity index (χ2v) is 8.06. The largest absolute Gasteiger partial charge is 0.349 e. The Morgan fingerprint density at radius 1 is 1.35 bits per heavy atom. The molecule has 4 atom stereocenters. The molecule has 0 spiro atoms. The molecule has 5 heteroatoms. The third kappa shape index (κ3) is 3.48. The van der Waals surface area contributed by atoms with E-state index >= 15 is 0 Å². The van der Waals surface area contributed by atoms with E-state index in [1.807, 2.05) is 20.8 Å². The van der Waals surface area contributed by atoms with Gasteiger partial charge in [0.2, 0.25) is 11.8 Å². The van der Waals surface area contributed by atoms with Gasteiger partial charge in [-0.3, -0.25) is 14.4 Å². The minimum Gasteiger partial charge on any atom is -0.349 e. The molecule has 2 saturated carbocycles. The fourth-order valence-electron chi connectivity index (χ4n) is 4.36. The Morgan fingerprint density at radius 3 is 2.52 bits per heavy atom. The molecule has 2 N–H and O–H groups in total. The maximum Gasteiger partial charge on any atom is 0.246 e. The Bertz CT molecular complexity index is 535. The Hall–Kier alpha value is -1.65. The van der Waals surface area contributed by atoms with Crippen molar-refractivity contribution >= 4 is 17.6 Å². The Balaban J connectivity index is 2.39. The average Bonchev–Trinajstić information content (AvgIpc) is 2.84. The van der Waals surface area contributed by atoms with Gasteiger partial charge in [-0.25, -0.2) is 0 Å². The molecular weight excluding hydrogens is 292 g/mol. The van der Waals surface area contributed by atoms with Crippen molar-refractivity contribution in [1.29, 1.82) is 0 Å². The summed E-state index contributed by atoms with van der Waals surface area (Å²) in [5.41, 5.74) is -1.32. The van der Waals surface area contributed by atoms with Crippen LogP contribution in [0.4, 0.5) is 0 Å². The molecule has 0 aliphatic heterocycles. The molecule has 5 nitrogen and oxygen atoms in total. The number of carbonyl (C=O) groups excluding carboxylic acids is 3. The van der Waals surface area contributed by atoms with Crippen molar-refractivity contribution in [3.8, 4) is 0 Å². The molecule has 2 rings (SSSR count). The van der Waals surface area contributed by atoms with Gasteiger partial charge in [-0.05, 0) is 51.4 Å². The van der Waals surface area contributed by atoms with Crippen LogP contribution in [0.5, 0.6) is 0 Å². The number of Topliss-reactive ketones (excluding diaryl/α,β-unsaturated/α-hetero) is 1. The topological polar surface area (TPSA) is 75.3 Å². The van der Waals surface area contributed by atoms with Crippen LogP contribution in [0.2, 0.25) is 0 Å². The van der Waals surface area contributed by atoms with E-state index < -0.39 is 5.54 Å². The average molecular weight is 320 g/mol. The summed E-state index contributed by atoms with van der Waals surface area (Å²) in [6, 6.07) is 0. The summed E-state index contributed by atoms with van der Waals surface area (Å²) >= 11 is 0. The molecule has 2 amide bonds. The van der Waals surface area contributed by atoms with Crippen molar-refractivity contribution in [2.75, 3.05) is 0 Å². The van der Waals surface area contributed by atoms with Gasteiger partial charge in [0.1, 0.15) is 11.3 Å². The normalized spacial score (nSPS) is 33.2. The van der Waals surface area contributed by atoms with E-state index in [1.54, 1.807) is 6.08 Å². The molecule has 128 valence electrons. The summed E-state index contributed by atoms with van der Waals surface area (Å²) in [5, 5.41) is 5.97. The molecule has 0 bridgehead atoms. The highest BCUT2D eigenvalue weighted by Gasteiger charge is 2.60. The third-order valence-corrected chi connectivity index (χ3v) is 5.01. The molecule has 2 aliphatic rings. The highest BCUT2D eigenvalue weighted by atomic mass is 16.2. The monoisotopic (exact) mass is 320 g/mol. The van der Waals surface area contributed by atoms with Crippen molar-refractivity contribution in [2.45, 2.75) is 64.5 Å². The summed E-state index contributed by atoms with van der Waals surface area (Å²) in [6.07, 6.45) is 3.96. The number of allylic oxidation sites excluding steroid dienone is 1.